The van der Waals surface area contributed by atoms with Gasteiger partial charge in [0.2, 0.25) is 0 Å². The monoisotopic (exact) mass is 294 g/mol. The fraction of sp³-hybridized carbons (Fsp3) is 0.733. The Labute approximate surface area is 126 Å². The second-order valence-corrected chi connectivity index (χ2v) is 6.12. The number of carbonyl (C=O) groups excluding carboxylic acids is 1. The van der Waals surface area contributed by atoms with E-state index in [1.54, 1.807) is 19.0 Å². The van der Waals surface area contributed by atoms with Crippen molar-refractivity contribution in [2.45, 2.75) is 39.3 Å². The van der Waals surface area contributed by atoms with Gasteiger partial charge in [-0.15, -0.1) is 0 Å². The highest BCUT2D eigenvalue weighted by Crippen LogP contribution is 2.20. The standard InChI is InChI=1S/C15H26N4O2/c1-11-14(12(2)21-16-11)10-19-8-6-7-13(9-19)18(5)15(20)17(3)4/h13H,6-10H2,1-5H3. The molecule has 1 saturated heterocycles. The van der Waals surface area contributed by atoms with Gasteiger partial charge in [0.25, 0.3) is 0 Å². The summed E-state index contributed by atoms with van der Waals surface area (Å²) < 4.78 is 5.23. The zero-order valence-corrected chi connectivity index (χ0v) is 13.7. The Morgan fingerprint density at radius 3 is 2.67 bits per heavy atom. The largest absolute Gasteiger partial charge is 0.361 e. The molecular formula is C15H26N4O2. The SMILES string of the molecule is Cc1noc(C)c1CN1CCCC(N(C)C(=O)N(C)C)C1. The highest BCUT2D eigenvalue weighted by molar-refractivity contribution is 5.73. The molecule has 0 aromatic carbocycles. The second kappa shape index (κ2) is 6.47. The van der Waals surface area contributed by atoms with Crippen LogP contribution in [-0.4, -0.2) is 66.2 Å². The van der Waals surface area contributed by atoms with Crippen molar-refractivity contribution in [3.8, 4) is 0 Å². The summed E-state index contributed by atoms with van der Waals surface area (Å²) in [6, 6.07) is 0.341. The number of likely N-dealkylation sites (tertiary alicyclic amines) is 1. The van der Waals surface area contributed by atoms with Gasteiger partial charge in [-0.05, 0) is 33.2 Å². The van der Waals surface area contributed by atoms with Gasteiger partial charge in [0.05, 0.1) is 5.69 Å². The van der Waals surface area contributed by atoms with Gasteiger partial charge in [-0.3, -0.25) is 4.90 Å². The summed E-state index contributed by atoms with van der Waals surface area (Å²) in [5.74, 6) is 0.896. The summed E-state index contributed by atoms with van der Waals surface area (Å²) in [5.41, 5.74) is 2.14. The lowest BCUT2D eigenvalue weighted by Gasteiger charge is -2.38. The fourth-order valence-electron chi connectivity index (χ4n) is 2.91. The molecule has 1 aromatic heterocycles. The van der Waals surface area contributed by atoms with E-state index in [0.717, 1.165) is 43.9 Å². The van der Waals surface area contributed by atoms with E-state index < -0.39 is 0 Å². The number of piperidine rings is 1. The second-order valence-electron chi connectivity index (χ2n) is 6.12. The van der Waals surface area contributed by atoms with Crippen LogP contribution in [0.2, 0.25) is 0 Å². The van der Waals surface area contributed by atoms with Gasteiger partial charge in [0.1, 0.15) is 5.76 Å². The number of hydrogen-bond acceptors (Lipinski definition) is 4. The first-order valence-electron chi connectivity index (χ1n) is 7.48. The van der Waals surface area contributed by atoms with E-state index in [2.05, 4.69) is 10.1 Å². The summed E-state index contributed by atoms with van der Waals surface area (Å²) in [6.45, 7) is 6.75. The van der Waals surface area contributed by atoms with Gasteiger partial charge >= 0.3 is 6.03 Å². The lowest BCUT2D eigenvalue weighted by Crippen LogP contribution is -2.50. The Hall–Kier alpha value is -1.56. The quantitative estimate of drug-likeness (QED) is 0.854. The molecule has 1 aliphatic heterocycles. The van der Waals surface area contributed by atoms with E-state index in [-0.39, 0.29) is 12.1 Å². The molecule has 2 heterocycles. The molecule has 0 radical (unpaired) electrons. The molecule has 1 aromatic rings. The van der Waals surface area contributed by atoms with Crippen molar-refractivity contribution in [2.24, 2.45) is 0 Å². The maximum absolute atomic E-state index is 12.1. The van der Waals surface area contributed by atoms with Crippen LogP contribution in [0.4, 0.5) is 4.79 Å². The highest BCUT2D eigenvalue weighted by atomic mass is 16.5. The number of aryl methyl sites for hydroxylation is 2. The minimum atomic E-state index is 0.0687. The predicted octanol–water partition coefficient (Wildman–Crippen LogP) is 1.87. The smallest absolute Gasteiger partial charge is 0.319 e. The average Bonchev–Trinajstić information content (AvgIpc) is 2.78. The van der Waals surface area contributed by atoms with E-state index in [9.17, 15) is 4.79 Å². The molecule has 0 saturated carbocycles. The Kier molecular flexibility index (Phi) is 4.88. The number of hydrogen-bond donors (Lipinski definition) is 0. The third kappa shape index (κ3) is 3.56. The Morgan fingerprint density at radius 2 is 2.10 bits per heavy atom. The molecule has 1 fully saturated rings. The molecule has 118 valence electrons. The number of likely N-dealkylation sites (N-methyl/N-ethyl adjacent to an activating group) is 1. The van der Waals surface area contributed by atoms with Gasteiger partial charge in [-0.2, -0.15) is 0 Å². The van der Waals surface area contributed by atoms with Crippen LogP contribution < -0.4 is 0 Å². The van der Waals surface area contributed by atoms with E-state index in [0.29, 0.717) is 0 Å². The summed E-state index contributed by atoms with van der Waals surface area (Å²) in [6.07, 6.45) is 2.17. The number of carbonyl (C=O) groups is 1. The number of nitrogens with zero attached hydrogens (tertiary/aromatic N) is 4. The molecule has 21 heavy (non-hydrogen) atoms. The van der Waals surface area contributed by atoms with E-state index in [1.807, 2.05) is 25.8 Å². The molecule has 2 rings (SSSR count). The average molecular weight is 294 g/mol. The van der Waals surface area contributed by atoms with Crippen molar-refractivity contribution in [2.75, 3.05) is 34.2 Å². The summed E-state index contributed by atoms with van der Waals surface area (Å²) >= 11 is 0. The molecule has 0 N–H and O–H groups in total. The first-order chi connectivity index (χ1) is 9.90. The first-order valence-corrected chi connectivity index (χ1v) is 7.48. The summed E-state index contributed by atoms with van der Waals surface area (Å²) in [7, 11) is 5.49. The Bertz CT molecular complexity index is 478. The van der Waals surface area contributed by atoms with Crippen LogP contribution in [0.5, 0.6) is 0 Å². The summed E-state index contributed by atoms with van der Waals surface area (Å²) in [4.78, 5) is 18.0. The van der Waals surface area contributed by atoms with Crippen LogP contribution >= 0.6 is 0 Å². The molecule has 0 bridgehead atoms. The molecule has 0 spiro atoms. The van der Waals surface area contributed by atoms with Crippen LogP contribution in [0.3, 0.4) is 0 Å². The molecule has 1 aliphatic rings. The lowest BCUT2D eigenvalue weighted by molar-refractivity contribution is 0.109. The third-order valence-electron chi connectivity index (χ3n) is 4.28. The number of urea groups is 1. The Morgan fingerprint density at radius 1 is 1.38 bits per heavy atom. The topological polar surface area (TPSA) is 52.8 Å². The molecule has 1 atom stereocenters. The maximum Gasteiger partial charge on any atom is 0.319 e. The first kappa shape index (κ1) is 15.8. The van der Waals surface area contributed by atoms with Gasteiger partial charge in [-0.1, -0.05) is 5.16 Å². The van der Waals surface area contributed by atoms with Crippen molar-refractivity contribution in [3.05, 3.63) is 17.0 Å². The maximum atomic E-state index is 12.1. The minimum Gasteiger partial charge on any atom is -0.361 e. The molecular weight excluding hydrogens is 268 g/mol. The fourth-order valence-corrected chi connectivity index (χ4v) is 2.91. The van der Waals surface area contributed by atoms with Crippen molar-refractivity contribution >= 4 is 6.03 Å². The summed E-state index contributed by atoms with van der Waals surface area (Å²) in [5, 5.41) is 4.01. The van der Waals surface area contributed by atoms with E-state index in [1.165, 1.54) is 5.56 Å². The molecule has 0 aliphatic carbocycles. The zero-order chi connectivity index (χ0) is 15.6. The van der Waals surface area contributed by atoms with Crippen LogP contribution in [0, 0.1) is 13.8 Å². The number of rotatable bonds is 3. The van der Waals surface area contributed by atoms with Crippen molar-refractivity contribution < 1.29 is 9.32 Å². The number of aromatic nitrogens is 1. The molecule has 2 amide bonds. The zero-order valence-electron chi connectivity index (χ0n) is 13.7. The van der Waals surface area contributed by atoms with Crippen LogP contribution in [0.1, 0.15) is 29.9 Å². The minimum absolute atomic E-state index is 0.0687. The molecule has 6 heteroatoms. The van der Waals surface area contributed by atoms with Gasteiger partial charge in [0.15, 0.2) is 0 Å². The van der Waals surface area contributed by atoms with E-state index >= 15 is 0 Å². The van der Waals surface area contributed by atoms with Gasteiger partial charge in [-0.25, -0.2) is 4.79 Å². The number of amides is 2. The lowest BCUT2D eigenvalue weighted by atomic mass is 10.0. The predicted molar refractivity (Wildman–Crippen MR) is 81.1 cm³/mol. The van der Waals surface area contributed by atoms with Gasteiger partial charge < -0.3 is 14.3 Å². The third-order valence-corrected chi connectivity index (χ3v) is 4.28. The van der Waals surface area contributed by atoms with Crippen molar-refractivity contribution in [1.29, 1.82) is 0 Å². The van der Waals surface area contributed by atoms with Crippen molar-refractivity contribution in [1.82, 2.24) is 19.9 Å². The molecule has 1 unspecified atom stereocenters. The van der Waals surface area contributed by atoms with Crippen LogP contribution in [-0.2, 0) is 6.54 Å². The van der Waals surface area contributed by atoms with Crippen molar-refractivity contribution in [3.63, 3.8) is 0 Å². The normalized spacial score (nSPS) is 19.6. The van der Waals surface area contributed by atoms with Crippen LogP contribution in [0.25, 0.3) is 0 Å². The Balaban J connectivity index is 1.99. The highest BCUT2D eigenvalue weighted by Gasteiger charge is 2.27. The van der Waals surface area contributed by atoms with E-state index in [4.69, 9.17) is 4.52 Å². The van der Waals surface area contributed by atoms with Gasteiger partial charge in [0, 0.05) is 45.8 Å². The van der Waals surface area contributed by atoms with Crippen LogP contribution in [0.15, 0.2) is 4.52 Å². The molecule has 6 nitrogen and oxygen atoms in total.